The summed E-state index contributed by atoms with van der Waals surface area (Å²) in [7, 11) is -1.86. The lowest BCUT2D eigenvalue weighted by molar-refractivity contribution is 0.332. The first kappa shape index (κ1) is 58.4. The Balaban J connectivity index is 1.22. The summed E-state index contributed by atoms with van der Waals surface area (Å²) >= 11 is 2.02. The van der Waals surface area contributed by atoms with E-state index in [0.717, 1.165) is 42.7 Å². The highest BCUT2D eigenvalue weighted by molar-refractivity contribution is 7.33. The molecule has 8 aromatic carbocycles. The van der Waals surface area contributed by atoms with Crippen LogP contribution in [0.5, 0.6) is 0 Å². The third-order valence-corrected chi connectivity index (χ3v) is 28.5. The summed E-state index contributed by atoms with van der Waals surface area (Å²) in [6.07, 6.45) is 4.56. The zero-order valence-electron chi connectivity index (χ0n) is 55.2. The van der Waals surface area contributed by atoms with Crippen LogP contribution in [0.3, 0.4) is 0 Å². The molecule has 9 aromatic rings. The van der Waals surface area contributed by atoms with E-state index >= 15 is 0 Å². The maximum Gasteiger partial charge on any atom is 0.264 e. The van der Waals surface area contributed by atoms with Crippen molar-refractivity contribution in [3.05, 3.63) is 197 Å². The van der Waals surface area contributed by atoms with E-state index in [-0.39, 0.29) is 44.2 Å². The Bertz CT molecular complexity index is 4140. The lowest BCUT2D eigenvalue weighted by Gasteiger charge is -2.48. The summed E-state index contributed by atoms with van der Waals surface area (Å²) < 4.78 is 2.75. The molecule has 2 aliphatic heterocycles. The number of para-hydroxylation sites is 1. The first-order valence-electron chi connectivity index (χ1n) is 32.1. The van der Waals surface area contributed by atoms with Gasteiger partial charge in [-0.05, 0) is 192 Å². The lowest BCUT2D eigenvalue weighted by atomic mass is 9.35. The van der Waals surface area contributed by atoms with Crippen LogP contribution in [-0.4, -0.2) is 14.8 Å². The molecule has 0 saturated carbocycles. The maximum absolute atomic E-state index is 2.80. The van der Waals surface area contributed by atoms with Gasteiger partial charge in [0.05, 0.1) is 25.1 Å². The molecule has 3 heterocycles. The Morgan fingerprint density at radius 1 is 0.465 bits per heavy atom. The average Bonchev–Trinajstić information content (AvgIpc) is 1.15. The molecular weight excluding hydrogens is 1070 g/mol. The van der Waals surface area contributed by atoms with Crippen molar-refractivity contribution in [3.63, 3.8) is 0 Å². The van der Waals surface area contributed by atoms with Gasteiger partial charge in [-0.15, -0.1) is 11.3 Å². The Morgan fingerprint density at radius 3 is 1.50 bits per heavy atom. The summed E-state index contributed by atoms with van der Waals surface area (Å²) in [6.45, 7) is 46.4. The zero-order chi connectivity index (χ0) is 61.2. The van der Waals surface area contributed by atoms with Crippen LogP contribution in [0.1, 0.15) is 177 Å². The smallest absolute Gasteiger partial charge is 0.264 e. The summed E-state index contributed by atoms with van der Waals surface area (Å²) in [4.78, 5) is 8.07. The van der Waals surface area contributed by atoms with Crippen molar-refractivity contribution >= 4 is 108 Å². The second-order valence-electron chi connectivity index (χ2n) is 32.4. The molecule has 0 unspecified atom stereocenters. The predicted octanol–water partition coefficient (Wildman–Crippen LogP) is 21.1. The first-order valence-corrected chi connectivity index (χ1v) is 35.9. The second kappa shape index (κ2) is 19.7. The minimum atomic E-state index is -1.86. The number of hydrogen-bond donors (Lipinski definition) is 0. The lowest BCUT2D eigenvalue weighted by Crippen LogP contribution is -2.61. The van der Waals surface area contributed by atoms with Gasteiger partial charge in [0.15, 0.2) is 0 Å². The van der Waals surface area contributed by atoms with Crippen molar-refractivity contribution in [2.45, 2.75) is 194 Å². The Morgan fingerprint density at radius 2 is 0.953 bits per heavy atom. The maximum atomic E-state index is 2.80. The highest BCUT2D eigenvalue weighted by Crippen LogP contribution is 2.57. The fourth-order valence-corrected chi connectivity index (χ4v) is 18.0. The third-order valence-electron chi connectivity index (χ3n) is 21.8. The minimum Gasteiger partial charge on any atom is -0.311 e. The van der Waals surface area contributed by atoms with Gasteiger partial charge in [0.2, 0.25) is 0 Å². The van der Waals surface area contributed by atoms with E-state index in [0.29, 0.717) is 0 Å². The van der Waals surface area contributed by atoms with Gasteiger partial charge in [0, 0.05) is 54.6 Å². The molecule has 0 amide bonds. The van der Waals surface area contributed by atoms with E-state index in [2.05, 4.69) is 309 Å². The molecular formula is C80H92BN3SSi. The van der Waals surface area contributed by atoms with Crippen LogP contribution in [0.15, 0.2) is 164 Å². The van der Waals surface area contributed by atoms with Gasteiger partial charge in [-0.2, -0.15) is 0 Å². The largest absolute Gasteiger partial charge is 0.311 e. The van der Waals surface area contributed by atoms with Gasteiger partial charge in [-0.25, -0.2) is 0 Å². The fourth-order valence-electron chi connectivity index (χ4n) is 14.9. The van der Waals surface area contributed by atoms with Crippen LogP contribution in [0.25, 0.3) is 21.2 Å². The van der Waals surface area contributed by atoms with Crippen molar-refractivity contribution in [2.24, 2.45) is 0 Å². The van der Waals surface area contributed by atoms with Crippen LogP contribution >= 0.6 is 11.3 Å². The van der Waals surface area contributed by atoms with Crippen molar-refractivity contribution in [1.29, 1.82) is 0 Å². The highest BCUT2D eigenvalue weighted by Gasteiger charge is 2.50. The topological polar surface area (TPSA) is 9.72 Å². The van der Waals surface area contributed by atoms with Crippen molar-refractivity contribution in [3.8, 4) is 11.1 Å². The number of anilines is 9. The summed E-state index contributed by atoms with van der Waals surface area (Å²) in [5.74, 6) is 0. The van der Waals surface area contributed by atoms with E-state index in [1.165, 1.54) is 110 Å². The highest BCUT2D eigenvalue weighted by atomic mass is 32.1. The van der Waals surface area contributed by atoms with Gasteiger partial charge < -0.3 is 14.7 Å². The summed E-state index contributed by atoms with van der Waals surface area (Å²) in [6, 6.07) is 65.3. The molecule has 13 rings (SSSR count). The zero-order valence-corrected chi connectivity index (χ0v) is 57.1. The third kappa shape index (κ3) is 9.39. The van der Waals surface area contributed by atoms with Crippen molar-refractivity contribution in [2.75, 3.05) is 14.7 Å². The van der Waals surface area contributed by atoms with Gasteiger partial charge in [-0.1, -0.05) is 221 Å². The van der Waals surface area contributed by atoms with Crippen LogP contribution in [0.2, 0.25) is 18.1 Å². The van der Waals surface area contributed by atoms with Gasteiger partial charge in [-0.3, -0.25) is 0 Å². The van der Waals surface area contributed by atoms with E-state index in [1.807, 2.05) is 11.3 Å². The number of fused-ring (bicyclic) bond motifs is 8. The molecule has 86 heavy (non-hydrogen) atoms. The number of rotatable bonds is 7. The van der Waals surface area contributed by atoms with Crippen LogP contribution in [-0.2, 0) is 32.5 Å². The molecule has 3 nitrogen and oxygen atoms in total. The Kier molecular flexibility index (Phi) is 13.4. The van der Waals surface area contributed by atoms with Crippen LogP contribution < -0.4 is 35.6 Å². The summed E-state index contributed by atoms with van der Waals surface area (Å²) in [5.41, 5.74) is 24.7. The predicted molar refractivity (Wildman–Crippen MR) is 381 cm³/mol. The molecule has 0 atom stereocenters. The molecule has 4 aliphatic rings. The summed E-state index contributed by atoms with van der Waals surface area (Å²) in [5, 5.41) is 3.00. The van der Waals surface area contributed by atoms with E-state index in [1.54, 1.807) is 0 Å². The monoisotopic (exact) mass is 1170 g/mol. The van der Waals surface area contributed by atoms with Crippen molar-refractivity contribution in [1.82, 2.24) is 0 Å². The average molecular weight is 1170 g/mol. The SMILES string of the molecule is CC(C)(C)c1ccc(N2c3cc(N(c4ccccc4)c4ccc([Si](C)(C)C(C)(C)C)cc4)cc4c3B(c3cc5c(cc3N4c3cc4c(cc3-c3ccccc3)C(C)(C)CCC4(C)C)C(C)(C)CCC5(C)C)c3sc4ccc(C(C)(C)C)cc4c32)cc1. The Labute approximate surface area is 522 Å². The van der Waals surface area contributed by atoms with Crippen LogP contribution in [0.4, 0.5) is 51.2 Å². The second-order valence-corrected chi connectivity index (χ2v) is 38.9. The molecule has 0 fully saturated rings. The van der Waals surface area contributed by atoms with E-state index < -0.39 is 8.07 Å². The normalized spacial score (nSPS) is 17.4. The molecule has 440 valence electrons. The van der Waals surface area contributed by atoms with Gasteiger partial charge in [0.25, 0.3) is 6.71 Å². The minimum absolute atomic E-state index is 0.00920. The standard InChI is InChI=1S/C80H92BN3SSi/c1-74(2,3)52-30-33-56(34-31-52)83-68-45-57(82(54-28-24-21-25-29-54)55-35-37-58(38-36-55)86(18,19)76(7,8)9)46-69-71(68)81(73-72(83)60-44-53(75(4,5)6)32-39-70(60)85-73)65-48-62-64(80(16,17)43-41-78(62,12)13)50-67(65)84(69)66-49-63-61(77(10,11)40-42-79(63,14)15)47-59(66)51-26-22-20-23-27-51/h20-39,44-50H,40-43H2,1-19H3. The molecule has 0 saturated heterocycles. The number of nitrogens with zero attached hydrogens (tertiary/aromatic N) is 3. The van der Waals surface area contributed by atoms with Gasteiger partial charge >= 0.3 is 0 Å². The number of thiophene rings is 1. The number of benzene rings is 8. The van der Waals surface area contributed by atoms with Crippen molar-refractivity contribution < 1.29 is 0 Å². The molecule has 6 heteroatoms. The van der Waals surface area contributed by atoms with E-state index in [9.17, 15) is 0 Å². The molecule has 0 radical (unpaired) electrons. The van der Waals surface area contributed by atoms with Gasteiger partial charge in [0.1, 0.15) is 0 Å². The Hall–Kier alpha value is -6.60. The molecule has 0 bridgehead atoms. The molecule has 1 aromatic heterocycles. The quantitative estimate of drug-likeness (QED) is 0.147. The first-order chi connectivity index (χ1) is 40.3. The molecule has 0 N–H and O–H groups in total. The fraction of sp³-hybridized carbons (Fsp3) is 0.375. The van der Waals surface area contributed by atoms with E-state index in [4.69, 9.17) is 0 Å². The molecule has 2 aliphatic carbocycles. The van der Waals surface area contributed by atoms with Crippen LogP contribution in [0, 0.1) is 0 Å². The number of hydrogen-bond acceptors (Lipinski definition) is 4. The molecule has 0 spiro atoms.